The van der Waals surface area contributed by atoms with Crippen molar-refractivity contribution in [1.82, 2.24) is 0 Å². The Hall–Kier alpha value is -1.50. The second-order valence-electron chi connectivity index (χ2n) is 5.60. The minimum Gasteiger partial charge on any atom is -0.309 e. The number of nitrogens with zero attached hydrogens (tertiary/aromatic N) is 2. The quantitative estimate of drug-likeness (QED) is 0.429. The highest BCUT2D eigenvalue weighted by Gasteiger charge is 2.29. The van der Waals surface area contributed by atoms with Crippen LogP contribution in [0, 0.1) is 22.7 Å². The zero-order valence-corrected chi connectivity index (χ0v) is 18.4. The van der Waals surface area contributed by atoms with Crippen LogP contribution in [0.2, 0.25) is 0 Å². The molecule has 0 unspecified atom stereocenters. The maximum Gasteiger partial charge on any atom is 0.335 e. The molecule has 1 aromatic rings. The van der Waals surface area contributed by atoms with Crippen LogP contribution in [0.3, 0.4) is 0 Å². The molecule has 0 bridgehead atoms. The molecule has 0 fully saturated rings. The SMILES string of the molecule is CCOP(=O)(Cc1cc(C#N)c(CP(=O)(OCC)OCC)cc1C#N)OCC. The third-order valence-electron chi connectivity index (χ3n) is 3.60. The summed E-state index contributed by atoms with van der Waals surface area (Å²) in [6.45, 7) is 7.53. The fourth-order valence-electron chi connectivity index (χ4n) is 2.62. The van der Waals surface area contributed by atoms with Crippen LogP contribution in [0.1, 0.15) is 49.9 Å². The van der Waals surface area contributed by atoms with Gasteiger partial charge in [-0.25, -0.2) is 0 Å². The normalized spacial score (nSPS) is 11.8. The van der Waals surface area contributed by atoms with Crippen molar-refractivity contribution in [3.05, 3.63) is 34.4 Å². The van der Waals surface area contributed by atoms with Gasteiger partial charge in [-0.1, -0.05) is 0 Å². The molecule has 0 atom stereocenters. The summed E-state index contributed by atoms with van der Waals surface area (Å²) in [5.41, 5.74) is 1.15. The third-order valence-corrected chi connectivity index (χ3v) is 7.66. The number of hydrogen-bond donors (Lipinski definition) is 0. The van der Waals surface area contributed by atoms with Crippen molar-refractivity contribution in [1.29, 1.82) is 10.5 Å². The Bertz CT molecular complexity index is 754. The predicted octanol–water partition coefficient (Wildman–Crippen LogP) is 4.96. The predicted molar refractivity (Wildman–Crippen MR) is 105 cm³/mol. The molecule has 8 nitrogen and oxygen atoms in total. The summed E-state index contributed by atoms with van der Waals surface area (Å²) in [6.07, 6.45) is -0.276. The molecule has 0 aliphatic heterocycles. The fourth-order valence-corrected chi connectivity index (χ4v) is 6.07. The van der Waals surface area contributed by atoms with Gasteiger partial charge in [-0.3, -0.25) is 9.13 Å². The molecular weight excluding hydrogens is 402 g/mol. The molecule has 0 amide bonds. The van der Waals surface area contributed by atoms with Gasteiger partial charge < -0.3 is 18.1 Å². The summed E-state index contributed by atoms with van der Waals surface area (Å²) < 4.78 is 46.7. The topological polar surface area (TPSA) is 119 Å². The molecule has 10 heteroatoms. The van der Waals surface area contributed by atoms with E-state index in [1.165, 1.54) is 12.1 Å². The monoisotopic (exact) mass is 428 g/mol. The maximum absolute atomic E-state index is 12.8. The van der Waals surface area contributed by atoms with Crippen LogP contribution in [-0.2, 0) is 39.5 Å². The fraction of sp³-hybridized carbons (Fsp3) is 0.556. The van der Waals surface area contributed by atoms with E-state index in [0.717, 1.165) is 0 Å². The van der Waals surface area contributed by atoms with E-state index in [9.17, 15) is 19.7 Å². The molecule has 0 aliphatic rings. The van der Waals surface area contributed by atoms with Gasteiger partial charge in [-0.2, -0.15) is 10.5 Å². The molecule has 1 aromatic carbocycles. The van der Waals surface area contributed by atoms with Crippen molar-refractivity contribution in [3.8, 4) is 12.1 Å². The van der Waals surface area contributed by atoms with Gasteiger partial charge in [0.25, 0.3) is 0 Å². The lowest BCUT2D eigenvalue weighted by Gasteiger charge is -2.20. The van der Waals surface area contributed by atoms with Crippen molar-refractivity contribution < 1.29 is 27.2 Å². The second-order valence-corrected chi connectivity index (χ2v) is 9.71. The average Bonchev–Trinajstić information content (AvgIpc) is 2.63. The third kappa shape index (κ3) is 6.83. The molecule has 0 radical (unpaired) electrons. The lowest BCUT2D eigenvalue weighted by Crippen LogP contribution is -2.05. The van der Waals surface area contributed by atoms with Crippen molar-refractivity contribution in [2.45, 2.75) is 40.0 Å². The Labute approximate surface area is 166 Å². The smallest absolute Gasteiger partial charge is 0.309 e. The highest BCUT2D eigenvalue weighted by atomic mass is 31.2. The van der Waals surface area contributed by atoms with E-state index < -0.39 is 15.2 Å². The number of nitriles is 2. The van der Waals surface area contributed by atoms with Gasteiger partial charge in [0.2, 0.25) is 0 Å². The van der Waals surface area contributed by atoms with Crippen molar-refractivity contribution in [2.75, 3.05) is 26.4 Å². The maximum atomic E-state index is 12.8. The van der Waals surface area contributed by atoms with Crippen LogP contribution in [0.25, 0.3) is 0 Å². The summed E-state index contributed by atoms with van der Waals surface area (Å²) in [5, 5.41) is 19.1. The molecule has 1 rings (SSSR count). The van der Waals surface area contributed by atoms with Gasteiger partial charge >= 0.3 is 15.2 Å². The summed E-state index contributed by atoms with van der Waals surface area (Å²) >= 11 is 0. The molecule has 0 aliphatic carbocycles. The lowest BCUT2D eigenvalue weighted by atomic mass is 10.0. The summed E-state index contributed by atoms with van der Waals surface area (Å²) in [5.74, 6) is 0. The first-order valence-electron chi connectivity index (χ1n) is 9.02. The van der Waals surface area contributed by atoms with E-state index in [-0.39, 0.29) is 49.9 Å². The van der Waals surface area contributed by atoms with Crippen LogP contribution in [0.5, 0.6) is 0 Å². The number of hydrogen-bond acceptors (Lipinski definition) is 8. The molecule has 0 saturated carbocycles. The van der Waals surface area contributed by atoms with Crippen LogP contribution >= 0.6 is 15.2 Å². The highest BCUT2D eigenvalue weighted by Crippen LogP contribution is 2.53. The Morgan fingerprint density at radius 3 is 1.21 bits per heavy atom. The van der Waals surface area contributed by atoms with E-state index in [1.54, 1.807) is 27.7 Å². The number of benzene rings is 1. The molecular formula is C18H26N2O6P2. The first-order valence-corrected chi connectivity index (χ1v) is 12.5. The minimum atomic E-state index is -3.45. The molecule has 0 N–H and O–H groups in total. The van der Waals surface area contributed by atoms with Crippen molar-refractivity contribution >= 4 is 15.2 Å². The van der Waals surface area contributed by atoms with Crippen LogP contribution in [0.15, 0.2) is 12.1 Å². The van der Waals surface area contributed by atoms with E-state index in [0.29, 0.717) is 11.1 Å². The molecule has 0 spiro atoms. The average molecular weight is 428 g/mol. The Morgan fingerprint density at radius 2 is 1.00 bits per heavy atom. The largest absolute Gasteiger partial charge is 0.335 e. The van der Waals surface area contributed by atoms with Crippen LogP contribution in [-0.4, -0.2) is 26.4 Å². The molecule has 0 aromatic heterocycles. The van der Waals surface area contributed by atoms with E-state index in [1.807, 2.05) is 12.1 Å². The Balaban J connectivity index is 3.36. The van der Waals surface area contributed by atoms with Gasteiger partial charge in [0.1, 0.15) is 0 Å². The summed E-state index contributed by atoms with van der Waals surface area (Å²) in [4.78, 5) is 0. The van der Waals surface area contributed by atoms with Crippen LogP contribution < -0.4 is 0 Å². The highest BCUT2D eigenvalue weighted by molar-refractivity contribution is 7.53. The zero-order valence-electron chi connectivity index (χ0n) is 16.6. The van der Waals surface area contributed by atoms with E-state index >= 15 is 0 Å². The van der Waals surface area contributed by atoms with Gasteiger partial charge in [0.15, 0.2) is 0 Å². The summed E-state index contributed by atoms with van der Waals surface area (Å²) in [7, 11) is -6.91. The lowest BCUT2D eigenvalue weighted by molar-refractivity contribution is 0.218. The standard InChI is InChI=1S/C18H26N2O6P2/c1-5-23-27(21,24-6-2)13-17-9-16(12-20)18(10-15(17)11-19)14-28(22,25-7-3)26-8-4/h9-10H,5-8,13-14H2,1-4H3. The van der Waals surface area contributed by atoms with E-state index in [2.05, 4.69) is 0 Å². The van der Waals surface area contributed by atoms with Gasteiger partial charge in [0.05, 0.1) is 62.0 Å². The van der Waals surface area contributed by atoms with Gasteiger partial charge in [-0.05, 0) is 51.0 Å². The Morgan fingerprint density at radius 1 is 0.714 bits per heavy atom. The number of rotatable bonds is 12. The molecule has 154 valence electrons. The van der Waals surface area contributed by atoms with Gasteiger partial charge in [-0.15, -0.1) is 0 Å². The van der Waals surface area contributed by atoms with Gasteiger partial charge in [0, 0.05) is 0 Å². The van der Waals surface area contributed by atoms with Crippen molar-refractivity contribution in [2.24, 2.45) is 0 Å². The molecule has 0 heterocycles. The Kier molecular flexibility index (Phi) is 10.1. The molecule has 0 saturated heterocycles. The van der Waals surface area contributed by atoms with E-state index in [4.69, 9.17) is 18.1 Å². The second kappa shape index (κ2) is 11.5. The summed E-state index contributed by atoms with van der Waals surface area (Å²) in [6, 6.07) is 6.98. The minimum absolute atomic E-state index is 0.138. The first kappa shape index (κ1) is 24.5. The zero-order chi connectivity index (χ0) is 21.2. The molecule has 28 heavy (non-hydrogen) atoms. The van der Waals surface area contributed by atoms with Crippen molar-refractivity contribution in [3.63, 3.8) is 0 Å². The van der Waals surface area contributed by atoms with Crippen LogP contribution in [0.4, 0.5) is 0 Å². The first-order chi connectivity index (χ1) is 13.3.